The largest absolute Gasteiger partial charge is 0.507 e. The Balaban J connectivity index is 2.54. The summed E-state index contributed by atoms with van der Waals surface area (Å²) in [6, 6.07) is 6.51. The lowest BCUT2D eigenvalue weighted by atomic mass is 9.84. The van der Waals surface area contributed by atoms with Gasteiger partial charge < -0.3 is 19.0 Å². The lowest BCUT2D eigenvalue weighted by Crippen LogP contribution is -2.33. The Kier molecular flexibility index (Phi) is 6.98. The van der Waals surface area contributed by atoms with Crippen LogP contribution in [0.25, 0.3) is 23.1 Å². The van der Waals surface area contributed by atoms with E-state index in [2.05, 4.69) is 13.2 Å². The summed E-state index contributed by atoms with van der Waals surface area (Å²) < 4.78 is 10.9. The van der Waals surface area contributed by atoms with E-state index >= 15 is 0 Å². The monoisotopic (exact) mass is 444 g/mol. The van der Waals surface area contributed by atoms with Crippen LogP contribution in [-0.2, 0) is 0 Å². The molecule has 0 aliphatic carbocycles. The number of benzene rings is 1. The molecule has 2 aromatic heterocycles. The quantitative estimate of drug-likeness (QED) is 0.444. The van der Waals surface area contributed by atoms with Gasteiger partial charge in [-0.1, -0.05) is 61.7 Å². The second-order valence-corrected chi connectivity index (χ2v) is 7.09. The molecule has 6 heteroatoms. The second kappa shape index (κ2) is 9.87. The maximum absolute atomic E-state index is 13.1. The van der Waals surface area contributed by atoms with Gasteiger partial charge >= 0.3 is 11.3 Å². The fourth-order valence-corrected chi connectivity index (χ4v) is 3.75. The first-order valence-corrected chi connectivity index (χ1v) is 10.2. The van der Waals surface area contributed by atoms with Crippen molar-refractivity contribution in [1.82, 2.24) is 0 Å². The van der Waals surface area contributed by atoms with Crippen molar-refractivity contribution in [2.24, 2.45) is 0 Å². The minimum Gasteiger partial charge on any atom is -0.507 e. The molecule has 0 fully saturated rings. The van der Waals surface area contributed by atoms with E-state index in [9.17, 15) is 19.8 Å². The molecule has 0 amide bonds. The average molecular weight is 444 g/mol. The zero-order valence-electron chi connectivity index (χ0n) is 18.4. The number of hydrogen-bond donors (Lipinski definition) is 2. The van der Waals surface area contributed by atoms with Gasteiger partial charge in [0.25, 0.3) is 0 Å². The van der Waals surface area contributed by atoms with E-state index < -0.39 is 17.2 Å². The van der Waals surface area contributed by atoms with Gasteiger partial charge in [-0.3, -0.25) is 0 Å². The van der Waals surface area contributed by atoms with Crippen LogP contribution >= 0.6 is 0 Å². The van der Waals surface area contributed by atoms with Gasteiger partial charge in [-0.2, -0.15) is 0 Å². The van der Waals surface area contributed by atoms with Crippen molar-refractivity contribution in [3.63, 3.8) is 0 Å². The minimum absolute atomic E-state index is 0.121. The average Bonchev–Trinajstić information content (AvgIpc) is 2.79. The molecule has 3 rings (SSSR count). The smallest absolute Gasteiger partial charge is 0.344 e. The molecule has 0 aliphatic heterocycles. The number of allylic oxidation sites excluding steroid dienone is 6. The van der Waals surface area contributed by atoms with Crippen molar-refractivity contribution in [1.29, 1.82) is 0 Å². The maximum atomic E-state index is 13.1. The van der Waals surface area contributed by atoms with Crippen LogP contribution in [0.1, 0.15) is 30.9 Å². The normalized spacial score (nSPS) is 14.2. The van der Waals surface area contributed by atoms with Crippen LogP contribution in [0.2, 0.25) is 0 Å². The van der Waals surface area contributed by atoms with Crippen LogP contribution in [0.5, 0.6) is 11.5 Å². The highest BCUT2D eigenvalue weighted by Crippen LogP contribution is 2.39. The molecule has 1 atom stereocenters. The fraction of sp³-hybridized carbons (Fsp3) is 0.111. The zero-order valence-corrected chi connectivity index (χ0v) is 18.4. The molecule has 0 spiro atoms. The van der Waals surface area contributed by atoms with Crippen LogP contribution in [0.3, 0.4) is 0 Å². The third-order valence-electron chi connectivity index (χ3n) is 5.24. The van der Waals surface area contributed by atoms with E-state index in [1.807, 2.05) is 0 Å². The number of para-hydroxylation sites is 1. The van der Waals surface area contributed by atoms with E-state index in [-0.39, 0.29) is 38.8 Å². The van der Waals surface area contributed by atoms with Gasteiger partial charge in [-0.15, -0.1) is 0 Å². The number of fused-ring (bicyclic) bond motifs is 1. The van der Waals surface area contributed by atoms with Crippen LogP contribution in [0, 0.1) is 0 Å². The summed E-state index contributed by atoms with van der Waals surface area (Å²) in [5.74, 6) is -1.90. The zero-order chi connectivity index (χ0) is 24.1. The Morgan fingerprint density at radius 1 is 0.970 bits per heavy atom. The highest BCUT2D eigenvalue weighted by Gasteiger charge is 2.32. The first-order valence-electron chi connectivity index (χ1n) is 10.2. The topological polar surface area (TPSA) is 101 Å². The van der Waals surface area contributed by atoms with E-state index in [1.165, 1.54) is 18.2 Å². The summed E-state index contributed by atoms with van der Waals surface area (Å²) >= 11 is 0. The van der Waals surface area contributed by atoms with Crippen LogP contribution in [0.15, 0.2) is 91.8 Å². The highest BCUT2D eigenvalue weighted by molar-refractivity contribution is 5.84. The summed E-state index contributed by atoms with van der Waals surface area (Å²) in [5, 5.41) is 22.8. The maximum Gasteiger partial charge on any atom is 0.344 e. The first-order chi connectivity index (χ1) is 15.9. The van der Waals surface area contributed by atoms with Crippen LogP contribution in [-0.4, -0.2) is 10.2 Å². The van der Waals surface area contributed by atoms with Crippen LogP contribution in [0.4, 0.5) is 0 Å². The number of rotatable bonds is 6. The predicted molar refractivity (Wildman–Crippen MR) is 130 cm³/mol. The summed E-state index contributed by atoms with van der Waals surface area (Å²) in [6.45, 7) is 10.6. The van der Waals surface area contributed by atoms with Gasteiger partial charge in [-0.05, 0) is 37.6 Å². The SMILES string of the molecule is C=C/C=C\C(=C/C)C(c1c(O)c(=C/C)/c(=C\C=C)oc1=O)c1c(O)c2ccccc2oc1=O. The standard InChI is InChI=1S/C27H24O6/c1-5-9-13-16(7-3)21(22-24(28)17(8-4)19(12-6-2)32-26(22)30)23-25(29)18-14-10-11-15-20(18)33-27(23)31/h5-15,21,28-29H,1-2H2,3-4H3/b13-9-,16-7+,17-8+,19-12+. The lowest BCUT2D eigenvalue weighted by molar-refractivity contribution is 0.408. The molecule has 1 unspecified atom stereocenters. The van der Waals surface area contributed by atoms with Crippen molar-refractivity contribution >= 4 is 23.1 Å². The molecule has 2 heterocycles. The Hall–Kier alpha value is -4.32. The van der Waals surface area contributed by atoms with Gasteiger partial charge in [0.2, 0.25) is 0 Å². The van der Waals surface area contributed by atoms with Crippen molar-refractivity contribution in [3.05, 3.63) is 116 Å². The molecular weight excluding hydrogens is 420 g/mol. The van der Waals surface area contributed by atoms with E-state index in [0.29, 0.717) is 11.0 Å². The first kappa shape index (κ1) is 23.3. The number of hydrogen-bond acceptors (Lipinski definition) is 6. The molecular formula is C27H24O6. The molecule has 0 saturated heterocycles. The van der Waals surface area contributed by atoms with Crippen LogP contribution < -0.4 is 21.9 Å². The fourth-order valence-electron chi connectivity index (χ4n) is 3.75. The summed E-state index contributed by atoms with van der Waals surface area (Å²) in [6.07, 6.45) is 10.9. The Labute approximate surface area is 189 Å². The molecule has 168 valence electrons. The molecule has 3 aromatic rings. The summed E-state index contributed by atoms with van der Waals surface area (Å²) in [4.78, 5) is 26.2. The molecule has 0 bridgehead atoms. The van der Waals surface area contributed by atoms with Crippen molar-refractivity contribution in [2.75, 3.05) is 0 Å². The van der Waals surface area contributed by atoms with E-state index in [1.54, 1.807) is 62.4 Å². The van der Waals surface area contributed by atoms with Gasteiger partial charge in [-0.25, -0.2) is 9.59 Å². The van der Waals surface area contributed by atoms with Crippen molar-refractivity contribution in [2.45, 2.75) is 19.8 Å². The molecule has 33 heavy (non-hydrogen) atoms. The van der Waals surface area contributed by atoms with Gasteiger partial charge in [0.1, 0.15) is 22.5 Å². The van der Waals surface area contributed by atoms with E-state index in [4.69, 9.17) is 8.83 Å². The predicted octanol–water partition coefficient (Wildman–Crippen LogP) is 3.74. The molecule has 6 nitrogen and oxygen atoms in total. The van der Waals surface area contributed by atoms with Crippen molar-refractivity contribution < 1.29 is 19.0 Å². The summed E-state index contributed by atoms with van der Waals surface area (Å²) in [5.41, 5.74) is -1.35. The molecule has 0 saturated carbocycles. The van der Waals surface area contributed by atoms with Gasteiger partial charge in [0.05, 0.1) is 27.6 Å². The Morgan fingerprint density at radius 3 is 2.27 bits per heavy atom. The van der Waals surface area contributed by atoms with E-state index in [0.717, 1.165) is 0 Å². The van der Waals surface area contributed by atoms with Gasteiger partial charge in [0.15, 0.2) is 0 Å². The summed E-state index contributed by atoms with van der Waals surface area (Å²) in [7, 11) is 0. The third kappa shape index (κ3) is 4.23. The van der Waals surface area contributed by atoms with Crippen molar-refractivity contribution in [3.8, 4) is 11.5 Å². The van der Waals surface area contributed by atoms with Gasteiger partial charge in [0, 0.05) is 0 Å². The molecule has 0 aliphatic rings. The highest BCUT2D eigenvalue weighted by atomic mass is 16.4. The Bertz CT molecular complexity index is 1530. The molecule has 0 radical (unpaired) electrons. The molecule has 1 aromatic carbocycles. The molecule has 2 N–H and O–H groups in total. The lowest BCUT2D eigenvalue weighted by Gasteiger charge is -2.20. The number of aromatic hydroxyl groups is 2. The second-order valence-electron chi connectivity index (χ2n) is 7.09. The Morgan fingerprint density at radius 2 is 1.64 bits per heavy atom. The minimum atomic E-state index is -1.18. The third-order valence-corrected chi connectivity index (χ3v) is 5.24.